The summed E-state index contributed by atoms with van der Waals surface area (Å²) < 4.78 is 13.4. The van der Waals surface area contributed by atoms with Crippen LogP contribution in [0.3, 0.4) is 0 Å². The molecule has 4 rings (SSSR count). The summed E-state index contributed by atoms with van der Waals surface area (Å²) in [4.78, 5) is 29.5. The van der Waals surface area contributed by atoms with E-state index in [0.717, 1.165) is 34.7 Å². The number of hydrogen-bond acceptors (Lipinski definition) is 5. The zero-order valence-corrected chi connectivity index (χ0v) is 19.1. The molecule has 1 aromatic carbocycles. The van der Waals surface area contributed by atoms with Crippen LogP contribution in [0.1, 0.15) is 47.5 Å². The molecule has 0 radical (unpaired) electrons. The van der Waals surface area contributed by atoms with E-state index in [9.17, 15) is 9.18 Å². The van der Waals surface area contributed by atoms with Gasteiger partial charge in [0.2, 0.25) is 0 Å². The van der Waals surface area contributed by atoms with E-state index >= 15 is 0 Å². The molecule has 0 unspecified atom stereocenters. The highest BCUT2D eigenvalue weighted by atomic mass is 35.5. The largest absolute Gasteiger partial charge is 0.334 e. The van der Waals surface area contributed by atoms with Gasteiger partial charge < -0.3 is 4.90 Å². The third-order valence-electron chi connectivity index (χ3n) is 5.75. The van der Waals surface area contributed by atoms with Gasteiger partial charge in [0.15, 0.2) is 0 Å². The van der Waals surface area contributed by atoms with E-state index in [-0.39, 0.29) is 17.8 Å². The highest BCUT2D eigenvalue weighted by molar-refractivity contribution is 7.15. The van der Waals surface area contributed by atoms with Gasteiger partial charge in [-0.25, -0.2) is 19.3 Å². The summed E-state index contributed by atoms with van der Waals surface area (Å²) >= 11 is 7.46. The van der Waals surface area contributed by atoms with E-state index in [1.807, 2.05) is 11.8 Å². The minimum absolute atomic E-state index is 0.0627. The van der Waals surface area contributed by atoms with Crippen LogP contribution < -0.4 is 0 Å². The van der Waals surface area contributed by atoms with Crippen LogP contribution in [0.25, 0.3) is 10.4 Å². The normalized spacial score (nSPS) is 18.9. The van der Waals surface area contributed by atoms with Gasteiger partial charge in [-0.05, 0) is 55.9 Å². The Morgan fingerprint density at radius 3 is 2.77 bits per heavy atom. The van der Waals surface area contributed by atoms with E-state index in [0.29, 0.717) is 35.6 Å². The van der Waals surface area contributed by atoms with Crippen molar-refractivity contribution in [2.45, 2.75) is 45.6 Å². The molecule has 8 heteroatoms. The number of likely N-dealkylation sites (tertiary alicyclic amines) is 1. The van der Waals surface area contributed by atoms with Crippen LogP contribution >= 0.6 is 22.9 Å². The fourth-order valence-electron chi connectivity index (χ4n) is 4.22. The molecule has 2 atom stereocenters. The minimum atomic E-state index is -0.300. The molecule has 0 aliphatic carbocycles. The Morgan fingerprint density at radius 1 is 1.26 bits per heavy atom. The first-order valence-corrected chi connectivity index (χ1v) is 11.6. The predicted molar refractivity (Wildman–Crippen MR) is 121 cm³/mol. The first kappa shape index (κ1) is 21.8. The fraction of sp³-hybridized carbons (Fsp3) is 0.391. The van der Waals surface area contributed by atoms with Crippen LogP contribution in [-0.4, -0.2) is 38.3 Å². The number of rotatable bonds is 5. The van der Waals surface area contributed by atoms with Crippen LogP contribution in [0.2, 0.25) is 5.15 Å². The van der Waals surface area contributed by atoms with Gasteiger partial charge in [0.1, 0.15) is 22.5 Å². The molecule has 31 heavy (non-hydrogen) atoms. The third-order valence-corrected chi connectivity index (χ3v) is 6.99. The maximum Gasteiger partial charge on any atom is 0.274 e. The summed E-state index contributed by atoms with van der Waals surface area (Å²) in [6.45, 7) is 4.78. The molecule has 1 aliphatic heterocycles. The molecule has 3 heterocycles. The van der Waals surface area contributed by atoms with Crippen molar-refractivity contribution in [3.8, 4) is 10.4 Å². The number of halogens is 2. The monoisotopic (exact) mass is 458 g/mol. The molecule has 1 aliphatic rings. The number of thiazole rings is 1. The number of hydrogen-bond donors (Lipinski definition) is 0. The van der Waals surface area contributed by atoms with Crippen molar-refractivity contribution >= 4 is 28.8 Å². The molecule has 0 bridgehead atoms. The van der Waals surface area contributed by atoms with Crippen molar-refractivity contribution in [3.63, 3.8) is 0 Å². The predicted octanol–water partition coefficient (Wildman–Crippen LogP) is 5.57. The van der Waals surface area contributed by atoms with Crippen molar-refractivity contribution in [1.82, 2.24) is 19.9 Å². The Kier molecular flexibility index (Phi) is 6.62. The molecule has 162 valence electrons. The molecule has 1 saturated heterocycles. The number of nitrogens with zero attached hydrogens (tertiary/aromatic N) is 4. The van der Waals surface area contributed by atoms with Gasteiger partial charge in [-0.1, -0.05) is 30.7 Å². The standard InChI is InChI=1S/C23H24ClFN4OS/c1-14-4-3-13-29(18(14)9-10-20-26-12-11-19(24)28-20)23(30)21-22(31-15(2)27-21)16-5-7-17(25)8-6-16/h5-8,11-12,14,18H,3-4,9-10,13H2,1-2H3/t14-,18-/m1/s1. The van der Waals surface area contributed by atoms with Crippen LogP contribution in [0.5, 0.6) is 0 Å². The maximum absolute atomic E-state index is 13.6. The highest BCUT2D eigenvalue weighted by Gasteiger charge is 2.34. The quantitative estimate of drug-likeness (QED) is 0.468. The van der Waals surface area contributed by atoms with E-state index in [4.69, 9.17) is 11.6 Å². The molecular weight excluding hydrogens is 435 g/mol. The summed E-state index contributed by atoms with van der Waals surface area (Å²) in [7, 11) is 0. The average molecular weight is 459 g/mol. The Balaban J connectivity index is 1.59. The molecule has 1 amide bonds. The second-order valence-electron chi connectivity index (χ2n) is 7.94. The second kappa shape index (κ2) is 9.40. The second-order valence-corrected chi connectivity index (χ2v) is 9.53. The summed E-state index contributed by atoms with van der Waals surface area (Å²) in [5.41, 5.74) is 1.26. The van der Waals surface area contributed by atoms with Gasteiger partial charge in [0, 0.05) is 25.2 Å². The van der Waals surface area contributed by atoms with Gasteiger partial charge in [-0.2, -0.15) is 0 Å². The van der Waals surface area contributed by atoms with Crippen molar-refractivity contribution < 1.29 is 9.18 Å². The molecule has 5 nitrogen and oxygen atoms in total. The zero-order valence-electron chi connectivity index (χ0n) is 17.5. The lowest BCUT2D eigenvalue weighted by molar-refractivity contribution is 0.0494. The van der Waals surface area contributed by atoms with Gasteiger partial charge in [0.05, 0.1) is 9.88 Å². The Labute approximate surface area is 190 Å². The Hall–Kier alpha value is -2.38. The third kappa shape index (κ3) is 4.93. The van der Waals surface area contributed by atoms with Gasteiger partial charge in [-0.3, -0.25) is 4.79 Å². The molecule has 0 N–H and O–H groups in total. The SMILES string of the molecule is Cc1nc(C(=O)N2CCC[C@@H](C)[C@H]2CCc2nccc(Cl)n2)c(-c2ccc(F)cc2)s1. The number of amides is 1. The lowest BCUT2D eigenvalue weighted by Crippen LogP contribution is -2.48. The lowest BCUT2D eigenvalue weighted by atomic mass is 9.87. The Bertz CT molecular complexity index is 1070. The number of carbonyl (C=O) groups is 1. The van der Waals surface area contributed by atoms with Gasteiger partial charge >= 0.3 is 0 Å². The van der Waals surface area contributed by atoms with Crippen molar-refractivity contribution in [1.29, 1.82) is 0 Å². The molecular formula is C23H24ClFN4OS. The average Bonchev–Trinajstić information content (AvgIpc) is 3.14. The minimum Gasteiger partial charge on any atom is -0.334 e. The van der Waals surface area contributed by atoms with Crippen molar-refractivity contribution in [2.75, 3.05) is 6.54 Å². The number of aryl methyl sites for hydroxylation is 2. The summed E-state index contributed by atoms with van der Waals surface area (Å²) in [6, 6.07) is 7.96. The highest BCUT2D eigenvalue weighted by Crippen LogP contribution is 2.34. The topological polar surface area (TPSA) is 59.0 Å². The van der Waals surface area contributed by atoms with Crippen molar-refractivity contribution in [2.24, 2.45) is 5.92 Å². The molecule has 3 aromatic rings. The lowest BCUT2D eigenvalue weighted by Gasteiger charge is -2.40. The number of aromatic nitrogens is 3. The molecule has 0 spiro atoms. The van der Waals surface area contributed by atoms with Gasteiger partial charge in [0.25, 0.3) is 5.91 Å². The van der Waals surface area contributed by atoms with Gasteiger partial charge in [-0.15, -0.1) is 11.3 Å². The first-order chi connectivity index (χ1) is 14.9. The van der Waals surface area contributed by atoms with E-state index in [1.54, 1.807) is 24.4 Å². The van der Waals surface area contributed by atoms with E-state index in [2.05, 4.69) is 21.9 Å². The summed E-state index contributed by atoms with van der Waals surface area (Å²) in [5.74, 6) is 0.693. The molecule has 2 aromatic heterocycles. The van der Waals surface area contributed by atoms with Crippen LogP contribution in [0, 0.1) is 18.7 Å². The number of piperidine rings is 1. The smallest absolute Gasteiger partial charge is 0.274 e. The zero-order chi connectivity index (χ0) is 22.0. The van der Waals surface area contributed by atoms with Crippen molar-refractivity contribution in [3.05, 3.63) is 64.0 Å². The number of benzene rings is 1. The first-order valence-electron chi connectivity index (χ1n) is 10.4. The van der Waals surface area contributed by atoms with E-state index < -0.39 is 0 Å². The van der Waals surface area contributed by atoms with Crippen LogP contribution in [0.15, 0.2) is 36.5 Å². The molecule has 1 fully saturated rings. The molecule has 0 saturated carbocycles. The number of carbonyl (C=O) groups excluding carboxylic acids is 1. The Morgan fingerprint density at radius 2 is 2.03 bits per heavy atom. The summed E-state index contributed by atoms with van der Waals surface area (Å²) in [5, 5.41) is 1.24. The van der Waals surface area contributed by atoms with Crippen LogP contribution in [0.4, 0.5) is 4.39 Å². The maximum atomic E-state index is 13.6. The van der Waals surface area contributed by atoms with E-state index in [1.165, 1.54) is 23.5 Å². The van der Waals surface area contributed by atoms with Crippen LogP contribution in [-0.2, 0) is 6.42 Å². The summed E-state index contributed by atoms with van der Waals surface area (Å²) in [6.07, 6.45) is 5.12. The fourth-order valence-corrected chi connectivity index (χ4v) is 5.29.